The first-order chi connectivity index (χ1) is 13.3. The molecule has 3 aromatic rings. The monoisotopic (exact) mass is 457 g/mol. The fourth-order valence-electron chi connectivity index (χ4n) is 2.74. The van der Waals surface area contributed by atoms with Gasteiger partial charge in [0.05, 0.1) is 22.7 Å². The maximum atomic E-state index is 12.8. The minimum atomic E-state index is -3.78. The standard InChI is InChI=1S/C20H16BrN3O3S/c1-13-9-16(21)10-14(2)20(13)28(25,26)24-19-8-7-18(12-23-19)27-17-5-3-15(11-22)4-6-17/h3-10,12H,1-2H3,(H,23,24). The van der Waals surface area contributed by atoms with Crippen molar-refractivity contribution in [2.75, 3.05) is 4.72 Å². The van der Waals surface area contributed by atoms with Crippen molar-refractivity contribution in [1.82, 2.24) is 4.98 Å². The number of aromatic nitrogens is 1. The van der Waals surface area contributed by atoms with Gasteiger partial charge in [-0.25, -0.2) is 13.4 Å². The molecule has 0 saturated heterocycles. The third-order valence-corrected chi connectivity index (χ3v) is 6.01. The second kappa shape index (κ2) is 8.00. The van der Waals surface area contributed by atoms with Gasteiger partial charge in [-0.05, 0) is 73.5 Å². The van der Waals surface area contributed by atoms with Gasteiger partial charge in [-0.15, -0.1) is 0 Å². The molecule has 8 heteroatoms. The number of nitriles is 1. The van der Waals surface area contributed by atoms with E-state index >= 15 is 0 Å². The number of rotatable bonds is 5. The molecule has 0 aliphatic carbocycles. The van der Waals surface area contributed by atoms with Crippen LogP contribution in [0.1, 0.15) is 16.7 Å². The topological polar surface area (TPSA) is 92.1 Å². The molecule has 1 N–H and O–H groups in total. The lowest BCUT2D eigenvalue weighted by Crippen LogP contribution is -2.16. The van der Waals surface area contributed by atoms with E-state index in [9.17, 15) is 8.42 Å². The zero-order valence-electron chi connectivity index (χ0n) is 15.1. The van der Waals surface area contributed by atoms with E-state index in [0.717, 1.165) is 4.47 Å². The molecule has 0 saturated carbocycles. The van der Waals surface area contributed by atoms with Crippen LogP contribution < -0.4 is 9.46 Å². The highest BCUT2D eigenvalue weighted by molar-refractivity contribution is 9.10. The first-order valence-electron chi connectivity index (χ1n) is 8.22. The Bertz CT molecular complexity index is 1130. The molecule has 0 fully saturated rings. The van der Waals surface area contributed by atoms with Gasteiger partial charge in [-0.1, -0.05) is 15.9 Å². The average molecular weight is 458 g/mol. The molecule has 0 aliphatic heterocycles. The summed E-state index contributed by atoms with van der Waals surface area (Å²) in [5.41, 5.74) is 1.81. The van der Waals surface area contributed by atoms with Gasteiger partial charge < -0.3 is 4.74 Å². The van der Waals surface area contributed by atoms with Gasteiger partial charge >= 0.3 is 0 Å². The summed E-state index contributed by atoms with van der Waals surface area (Å²) in [6.07, 6.45) is 1.43. The Morgan fingerprint density at radius 3 is 2.18 bits per heavy atom. The number of halogens is 1. The van der Waals surface area contributed by atoms with Crippen molar-refractivity contribution in [3.05, 3.63) is 75.9 Å². The minimum absolute atomic E-state index is 0.189. The minimum Gasteiger partial charge on any atom is -0.456 e. The van der Waals surface area contributed by atoms with Crippen LogP contribution in [0.25, 0.3) is 0 Å². The van der Waals surface area contributed by atoms with Crippen molar-refractivity contribution in [3.63, 3.8) is 0 Å². The van der Waals surface area contributed by atoms with Crippen LogP contribution >= 0.6 is 15.9 Å². The zero-order valence-corrected chi connectivity index (χ0v) is 17.5. The quantitative estimate of drug-likeness (QED) is 0.586. The Labute approximate surface area is 172 Å². The third kappa shape index (κ3) is 4.50. The Kier molecular flexibility index (Phi) is 5.68. The summed E-state index contributed by atoms with van der Waals surface area (Å²) in [6, 6.07) is 15.3. The molecule has 0 spiro atoms. The summed E-state index contributed by atoms with van der Waals surface area (Å²) in [5, 5.41) is 8.81. The molecule has 0 atom stereocenters. The molecule has 0 radical (unpaired) electrons. The highest BCUT2D eigenvalue weighted by Gasteiger charge is 2.20. The fourth-order valence-corrected chi connectivity index (χ4v) is 4.90. The van der Waals surface area contributed by atoms with Crippen LogP contribution in [0, 0.1) is 25.2 Å². The number of hydrogen-bond acceptors (Lipinski definition) is 5. The molecule has 6 nitrogen and oxygen atoms in total. The van der Waals surface area contributed by atoms with E-state index in [1.807, 2.05) is 6.07 Å². The SMILES string of the molecule is Cc1cc(Br)cc(C)c1S(=O)(=O)Nc1ccc(Oc2ccc(C#N)cc2)cn1. The van der Waals surface area contributed by atoms with E-state index < -0.39 is 10.0 Å². The summed E-state index contributed by atoms with van der Waals surface area (Å²) in [5.74, 6) is 1.19. The number of benzene rings is 2. The summed E-state index contributed by atoms with van der Waals surface area (Å²) < 4.78 is 34.5. The highest BCUT2D eigenvalue weighted by Crippen LogP contribution is 2.27. The van der Waals surface area contributed by atoms with Crippen molar-refractivity contribution in [1.29, 1.82) is 5.26 Å². The van der Waals surface area contributed by atoms with Crippen LogP contribution in [-0.4, -0.2) is 13.4 Å². The number of ether oxygens (including phenoxy) is 1. The van der Waals surface area contributed by atoms with E-state index in [1.165, 1.54) is 12.3 Å². The Hall–Kier alpha value is -2.89. The first-order valence-corrected chi connectivity index (χ1v) is 10.5. The number of aryl methyl sites for hydroxylation is 2. The molecule has 142 valence electrons. The van der Waals surface area contributed by atoms with Gasteiger partial charge in [-0.2, -0.15) is 5.26 Å². The number of nitrogens with zero attached hydrogens (tertiary/aromatic N) is 2. The smallest absolute Gasteiger partial charge is 0.263 e. The Balaban J connectivity index is 1.77. The van der Waals surface area contributed by atoms with Crippen molar-refractivity contribution in [3.8, 4) is 17.6 Å². The fraction of sp³-hybridized carbons (Fsp3) is 0.100. The second-order valence-corrected chi connectivity index (χ2v) is 8.63. The first kappa shape index (κ1) is 19.9. The molecule has 1 aromatic heterocycles. The third-order valence-electron chi connectivity index (χ3n) is 3.89. The van der Waals surface area contributed by atoms with Crippen LogP contribution in [0.3, 0.4) is 0 Å². The summed E-state index contributed by atoms with van der Waals surface area (Å²) in [4.78, 5) is 4.35. The van der Waals surface area contributed by atoms with Crippen LogP contribution in [0.15, 0.2) is 64.1 Å². The molecule has 2 aromatic carbocycles. The number of pyridine rings is 1. The van der Waals surface area contributed by atoms with Gasteiger partial charge in [0.15, 0.2) is 0 Å². The van der Waals surface area contributed by atoms with Crippen LogP contribution in [0.2, 0.25) is 0 Å². The molecule has 0 unspecified atom stereocenters. The molecular formula is C20H16BrN3O3S. The predicted molar refractivity (Wildman–Crippen MR) is 110 cm³/mol. The molecule has 28 heavy (non-hydrogen) atoms. The van der Waals surface area contributed by atoms with Gasteiger partial charge in [0.2, 0.25) is 0 Å². The normalized spacial score (nSPS) is 10.9. The number of nitrogens with one attached hydrogen (secondary N) is 1. The van der Waals surface area contributed by atoms with Crippen LogP contribution in [0.4, 0.5) is 5.82 Å². The Morgan fingerprint density at radius 2 is 1.64 bits per heavy atom. The van der Waals surface area contributed by atoms with E-state index in [-0.39, 0.29) is 10.7 Å². The molecule has 0 aliphatic rings. The molecular weight excluding hydrogens is 442 g/mol. The summed E-state index contributed by atoms with van der Waals surface area (Å²) in [6.45, 7) is 3.49. The van der Waals surface area contributed by atoms with Gasteiger partial charge in [0.25, 0.3) is 10.0 Å². The summed E-state index contributed by atoms with van der Waals surface area (Å²) >= 11 is 3.37. The van der Waals surface area contributed by atoms with Crippen LogP contribution in [0.5, 0.6) is 11.5 Å². The van der Waals surface area contributed by atoms with Gasteiger partial charge in [-0.3, -0.25) is 4.72 Å². The average Bonchev–Trinajstić information content (AvgIpc) is 2.62. The number of sulfonamides is 1. The summed E-state index contributed by atoms with van der Waals surface area (Å²) in [7, 11) is -3.78. The van der Waals surface area contributed by atoms with E-state index in [4.69, 9.17) is 10.00 Å². The van der Waals surface area contributed by atoms with Crippen molar-refractivity contribution in [2.45, 2.75) is 18.7 Å². The molecule has 3 rings (SSSR count). The molecule has 0 bridgehead atoms. The van der Waals surface area contributed by atoms with E-state index in [1.54, 1.807) is 56.3 Å². The van der Waals surface area contributed by atoms with Crippen molar-refractivity contribution >= 4 is 31.8 Å². The Morgan fingerprint density at radius 1 is 1.04 bits per heavy atom. The van der Waals surface area contributed by atoms with E-state index in [2.05, 4.69) is 25.6 Å². The largest absolute Gasteiger partial charge is 0.456 e. The van der Waals surface area contributed by atoms with Gasteiger partial charge in [0.1, 0.15) is 17.3 Å². The second-order valence-electron chi connectivity index (χ2n) is 6.09. The van der Waals surface area contributed by atoms with Crippen molar-refractivity contribution < 1.29 is 13.2 Å². The lowest BCUT2D eigenvalue weighted by atomic mass is 10.2. The number of anilines is 1. The molecule has 1 heterocycles. The number of hydrogen-bond donors (Lipinski definition) is 1. The van der Waals surface area contributed by atoms with Crippen molar-refractivity contribution in [2.24, 2.45) is 0 Å². The lowest BCUT2D eigenvalue weighted by Gasteiger charge is -2.13. The maximum Gasteiger partial charge on any atom is 0.263 e. The maximum absolute atomic E-state index is 12.8. The van der Waals surface area contributed by atoms with Crippen LogP contribution in [-0.2, 0) is 10.0 Å². The van der Waals surface area contributed by atoms with E-state index in [0.29, 0.717) is 28.2 Å². The highest BCUT2D eigenvalue weighted by atomic mass is 79.9. The predicted octanol–water partition coefficient (Wildman–Crippen LogP) is 4.93. The lowest BCUT2D eigenvalue weighted by molar-refractivity contribution is 0.480. The zero-order chi connectivity index (χ0) is 20.3. The molecule has 0 amide bonds. The van der Waals surface area contributed by atoms with Gasteiger partial charge in [0, 0.05) is 4.47 Å².